The minimum atomic E-state index is 0.288. The topological polar surface area (TPSA) is 42.2 Å². The van der Waals surface area contributed by atoms with Gasteiger partial charge in [0.25, 0.3) is 0 Å². The van der Waals surface area contributed by atoms with Gasteiger partial charge in [-0.1, -0.05) is 18.2 Å². The van der Waals surface area contributed by atoms with Crippen molar-refractivity contribution in [2.45, 2.75) is 12.3 Å². The third-order valence-electron chi connectivity index (χ3n) is 3.09. The lowest BCUT2D eigenvalue weighted by molar-refractivity contribution is 0.184. The van der Waals surface area contributed by atoms with Gasteiger partial charge in [-0.15, -0.1) is 0 Å². The van der Waals surface area contributed by atoms with Crippen molar-refractivity contribution >= 4 is 0 Å². The number of ether oxygens (including phenoxy) is 2. The molecule has 3 nitrogen and oxygen atoms in total. The van der Waals surface area contributed by atoms with Crippen molar-refractivity contribution in [1.82, 2.24) is 0 Å². The fourth-order valence-corrected chi connectivity index (χ4v) is 2.23. The zero-order chi connectivity index (χ0) is 11.4. The van der Waals surface area contributed by atoms with Crippen LogP contribution >= 0.6 is 0 Å². The lowest BCUT2D eigenvalue weighted by Crippen LogP contribution is -2.11. The maximum absolute atomic E-state index is 8.78. The van der Waals surface area contributed by atoms with Gasteiger partial charge in [0.05, 0.1) is 26.4 Å². The highest BCUT2D eigenvalue weighted by Gasteiger charge is 2.31. The van der Waals surface area contributed by atoms with Gasteiger partial charge >= 0.3 is 0 Å². The monoisotopic (exact) mass is 217 g/mol. The largest absolute Gasteiger partial charge is 0.496 e. The summed E-state index contributed by atoms with van der Waals surface area (Å²) in [5.74, 6) is 1.47. The summed E-state index contributed by atoms with van der Waals surface area (Å²) in [7, 11) is 1.67. The summed E-state index contributed by atoms with van der Waals surface area (Å²) in [5, 5.41) is 8.78. The molecule has 0 radical (unpaired) electrons. The van der Waals surface area contributed by atoms with Gasteiger partial charge in [-0.3, -0.25) is 0 Å². The number of hydrogen-bond acceptors (Lipinski definition) is 3. The average molecular weight is 217 g/mol. The van der Waals surface area contributed by atoms with Gasteiger partial charge in [-0.2, -0.15) is 5.26 Å². The van der Waals surface area contributed by atoms with Crippen LogP contribution in [0, 0.1) is 17.2 Å². The van der Waals surface area contributed by atoms with Gasteiger partial charge in [-0.05, 0) is 11.6 Å². The predicted octanol–water partition coefficient (Wildman–Crippen LogP) is 2.34. The minimum absolute atomic E-state index is 0.288. The van der Waals surface area contributed by atoms with E-state index in [4.69, 9.17) is 14.7 Å². The van der Waals surface area contributed by atoms with E-state index in [1.165, 1.54) is 0 Å². The Morgan fingerprint density at radius 2 is 2.25 bits per heavy atom. The second-order valence-corrected chi connectivity index (χ2v) is 4.01. The first-order valence-electron chi connectivity index (χ1n) is 5.44. The van der Waals surface area contributed by atoms with E-state index in [1.54, 1.807) is 7.11 Å². The van der Waals surface area contributed by atoms with Crippen LogP contribution in [0.3, 0.4) is 0 Å². The molecule has 0 spiro atoms. The molecule has 0 aromatic heterocycles. The molecule has 1 aromatic rings. The first-order chi connectivity index (χ1) is 7.86. The van der Waals surface area contributed by atoms with E-state index in [9.17, 15) is 0 Å². The SMILES string of the molecule is COc1ccccc1[C@H]1COC[C@@H]1CC#N. The van der Waals surface area contributed by atoms with E-state index in [2.05, 4.69) is 12.1 Å². The molecule has 16 heavy (non-hydrogen) atoms. The second kappa shape index (κ2) is 5.00. The Bertz CT molecular complexity index is 397. The molecule has 0 aliphatic carbocycles. The van der Waals surface area contributed by atoms with Crippen molar-refractivity contribution < 1.29 is 9.47 Å². The third-order valence-corrected chi connectivity index (χ3v) is 3.09. The molecule has 1 fully saturated rings. The van der Waals surface area contributed by atoms with E-state index in [0.29, 0.717) is 25.6 Å². The summed E-state index contributed by atoms with van der Waals surface area (Å²) in [6.45, 7) is 1.36. The average Bonchev–Trinajstić information content (AvgIpc) is 2.77. The standard InChI is InChI=1S/C13H15NO2/c1-15-13-5-3-2-4-11(13)12-9-16-8-10(12)6-7-14/h2-5,10,12H,6,8-9H2,1H3/t10-,12-/m0/s1. The highest BCUT2D eigenvalue weighted by molar-refractivity contribution is 5.37. The molecule has 1 aromatic carbocycles. The molecule has 2 atom stereocenters. The van der Waals surface area contributed by atoms with Crippen molar-refractivity contribution in [3.05, 3.63) is 29.8 Å². The molecule has 1 aliphatic rings. The van der Waals surface area contributed by atoms with Crippen LogP contribution in [0.5, 0.6) is 5.75 Å². The summed E-state index contributed by atoms with van der Waals surface area (Å²) >= 11 is 0. The number of rotatable bonds is 3. The quantitative estimate of drug-likeness (QED) is 0.780. The molecule has 1 heterocycles. The van der Waals surface area contributed by atoms with Crippen LogP contribution in [0.4, 0.5) is 0 Å². The van der Waals surface area contributed by atoms with Crippen LogP contribution in [0.15, 0.2) is 24.3 Å². The number of methoxy groups -OCH3 is 1. The zero-order valence-corrected chi connectivity index (χ0v) is 9.35. The van der Waals surface area contributed by atoms with E-state index >= 15 is 0 Å². The molecule has 2 rings (SSSR count). The van der Waals surface area contributed by atoms with E-state index in [0.717, 1.165) is 11.3 Å². The van der Waals surface area contributed by atoms with Gasteiger partial charge in [0.2, 0.25) is 0 Å². The molecule has 0 N–H and O–H groups in total. The Balaban J connectivity index is 2.26. The maximum atomic E-state index is 8.78. The third kappa shape index (κ3) is 2.02. The Morgan fingerprint density at radius 1 is 1.44 bits per heavy atom. The number of nitriles is 1. The molecular formula is C13H15NO2. The Morgan fingerprint density at radius 3 is 3.00 bits per heavy atom. The molecule has 0 amide bonds. The van der Waals surface area contributed by atoms with Gasteiger partial charge in [0.1, 0.15) is 5.75 Å². The van der Waals surface area contributed by atoms with Crippen molar-refractivity contribution in [1.29, 1.82) is 5.26 Å². The highest BCUT2D eigenvalue weighted by atomic mass is 16.5. The Kier molecular flexibility index (Phi) is 3.43. The van der Waals surface area contributed by atoms with Crippen molar-refractivity contribution in [3.8, 4) is 11.8 Å². The van der Waals surface area contributed by atoms with E-state index in [-0.39, 0.29) is 5.92 Å². The summed E-state index contributed by atoms with van der Waals surface area (Å²) in [4.78, 5) is 0. The van der Waals surface area contributed by atoms with Gasteiger partial charge < -0.3 is 9.47 Å². The van der Waals surface area contributed by atoms with Gasteiger partial charge in [-0.25, -0.2) is 0 Å². The van der Waals surface area contributed by atoms with Crippen molar-refractivity contribution in [2.24, 2.45) is 5.92 Å². The summed E-state index contributed by atoms with van der Waals surface area (Å²) in [5.41, 5.74) is 1.16. The van der Waals surface area contributed by atoms with E-state index < -0.39 is 0 Å². The van der Waals surface area contributed by atoms with Gasteiger partial charge in [0, 0.05) is 18.3 Å². The lowest BCUT2D eigenvalue weighted by atomic mass is 9.86. The zero-order valence-electron chi connectivity index (χ0n) is 9.35. The molecule has 0 saturated carbocycles. The van der Waals surface area contributed by atoms with E-state index in [1.807, 2.05) is 18.2 Å². The Hall–Kier alpha value is -1.53. The van der Waals surface area contributed by atoms with Crippen molar-refractivity contribution in [2.75, 3.05) is 20.3 Å². The van der Waals surface area contributed by atoms with Crippen LogP contribution in [0.25, 0.3) is 0 Å². The van der Waals surface area contributed by atoms with Crippen LogP contribution in [0.2, 0.25) is 0 Å². The summed E-state index contributed by atoms with van der Waals surface area (Å²) < 4.78 is 10.8. The molecular weight excluding hydrogens is 202 g/mol. The van der Waals surface area contributed by atoms with Crippen LogP contribution in [-0.2, 0) is 4.74 Å². The molecule has 84 valence electrons. The molecule has 1 saturated heterocycles. The summed E-state index contributed by atoms with van der Waals surface area (Å²) in [6, 6.07) is 10.2. The molecule has 3 heteroatoms. The first-order valence-corrected chi connectivity index (χ1v) is 5.44. The smallest absolute Gasteiger partial charge is 0.122 e. The Labute approximate surface area is 95.6 Å². The fraction of sp³-hybridized carbons (Fsp3) is 0.462. The second-order valence-electron chi connectivity index (χ2n) is 4.01. The minimum Gasteiger partial charge on any atom is -0.496 e. The number of hydrogen-bond donors (Lipinski definition) is 0. The van der Waals surface area contributed by atoms with Gasteiger partial charge in [0.15, 0.2) is 0 Å². The van der Waals surface area contributed by atoms with Crippen molar-refractivity contribution in [3.63, 3.8) is 0 Å². The first kappa shape index (κ1) is 11.0. The number of para-hydroxylation sites is 1. The van der Waals surface area contributed by atoms with Crippen LogP contribution < -0.4 is 4.74 Å². The highest BCUT2D eigenvalue weighted by Crippen LogP contribution is 2.37. The predicted molar refractivity (Wildman–Crippen MR) is 60.3 cm³/mol. The fourth-order valence-electron chi connectivity index (χ4n) is 2.23. The number of nitrogens with zero attached hydrogens (tertiary/aromatic N) is 1. The number of benzene rings is 1. The molecule has 0 unspecified atom stereocenters. The normalized spacial score (nSPS) is 24.0. The summed E-state index contributed by atoms with van der Waals surface area (Å²) in [6.07, 6.45) is 0.544. The molecule has 1 aliphatic heterocycles. The van der Waals surface area contributed by atoms with Crippen LogP contribution in [-0.4, -0.2) is 20.3 Å². The lowest BCUT2D eigenvalue weighted by Gasteiger charge is -2.17. The molecule has 0 bridgehead atoms. The maximum Gasteiger partial charge on any atom is 0.122 e. The van der Waals surface area contributed by atoms with Crippen LogP contribution in [0.1, 0.15) is 17.9 Å².